The first kappa shape index (κ1) is 40.4. The molecule has 0 aliphatic heterocycles. The Labute approximate surface area is 222 Å². The standard InChI is InChI=1S/C11H23N3O5.C11H25NO5.CH4/c1-15-4-5-17-8-9-19-11-10-18-7-6-16-3-2-13-14-12;1-13-4-5-15-8-9-17-11-10-16-7-6-14-3-2-12;/h2-11H2,1H3;2-12H2,1H3;1H4. The van der Waals surface area contributed by atoms with Crippen molar-refractivity contribution in [2.45, 2.75) is 7.43 Å². The Morgan fingerprint density at radius 2 is 0.757 bits per heavy atom. The van der Waals surface area contributed by atoms with Crippen molar-refractivity contribution in [2.24, 2.45) is 10.8 Å². The number of hydrogen-bond donors (Lipinski definition) is 1. The third-order valence-corrected chi connectivity index (χ3v) is 3.76. The molecule has 2 N–H and O–H groups in total. The zero-order valence-electron chi connectivity index (χ0n) is 22.1. The summed E-state index contributed by atoms with van der Waals surface area (Å²) in [5, 5.41) is 3.34. The van der Waals surface area contributed by atoms with Crippen molar-refractivity contribution < 1.29 is 47.4 Å². The monoisotopic (exact) mass is 544 g/mol. The zero-order chi connectivity index (χ0) is 26.6. The molecule has 0 unspecified atom stereocenters. The van der Waals surface area contributed by atoms with E-state index < -0.39 is 0 Å². The summed E-state index contributed by atoms with van der Waals surface area (Å²) in [6.45, 7) is 10.9. The van der Waals surface area contributed by atoms with Gasteiger partial charge in [0.2, 0.25) is 0 Å². The fourth-order valence-electron chi connectivity index (χ4n) is 2.04. The van der Waals surface area contributed by atoms with Crippen molar-refractivity contribution in [3.63, 3.8) is 0 Å². The zero-order valence-corrected chi connectivity index (χ0v) is 22.1. The van der Waals surface area contributed by atoms with Crippen LogP contribution in [0, 0.1) is 0 Å². The van der Waals surface area contributed by atoms with Gasteiger partial charge in [0.25, 0.3) is 0 Å². The molecule has 0 saturated heterocycles. The van der Waals surface area contributed by atoms with E-state index >= 15 is 0 Å². The van der Waals surface area contributed by atoms with Gasteiger partial charge in [0.15, 0.2) is 0 Å². The van der Waals surface area contributed by atoms with Gasteiger partial charge >= 0.3 is 0 Å². The minimum absolute atomic E-state index is 0. The fraction of sp³-hybridized carbons (Fsp3) is 1.00. The lowest BCUT2D eigenvalue weighted by Crippen LogP contribution is -2.14. The van der Waals surface area contributed by atoms with Gasteiger partial charge in [-0.2, -0.15) is 0 Å². The number of hydrogen-bond acceptors (Lipinski definition) is 12. The van der Waals surface area contributed by atoms with Crippen molar-refractivity contribution >= 4 is 0 Å². The van der Waals surface area contributed by atoms with Gasteiger partial charge < -0.3 is 53.1 Å². The molecule has 0 bridgehead atoms. The van der Waals surface area contributed by atoms with Crippen LogP contribution in [0.15, 0.2) is 5.11 Å². The molecule has 0 atom stereocenters. The Bertz CT molecular complexity index is 422. The van der Waals surface area contributed by atoms with E-state index in [-0.39, 0.29) is 7.43 Å². The Hall–Kier alpha value is -1.13. The normalized spacial score (nSPS) is 10.4. The van der Waals surface area contributed by atoms with Crippen LogP contribution in [0.2, 0.25) is 0 Å². The van der Waals surface area contributed by atoms with Crippen molar-refractivity contribution in [1.82, 2.24) is 0 Å². The van der Waals surface area contributed by atoms with E-state index in [0.717, 1.165) is 0 Å². The van der Waals surface area contributed by atoms with Gasteiger partial charge in [0, 0.05) is 32.2 Å². The van der Waals surface area contributed by atoms with Crippen LogP contribution in [-0.4, -0.2) is 146 Å². The lowest BCUT2D eigenvalue weighted by atomic mass is 10.7. The first-order chi connectivity index (χ1) is 17.8. The topological polar surface area (TPSA) is 167 Å². The minimum atomic E-state index is 0. The average Bonchev–Trinajstić information content (AvgIpc) is 2.89. The molecule has 0 heterocycles. The number of methoxy groups -OCH3 is 2. The van der Waals surface area contributed by atoms with Gasteiger partial charge in [-0.25, -0.2) is 0 Å². The van der Waals surface area contributed by atoms with E-state index in [4.69, 9.17) is 58.6 Å². The predicted octanol–water partition coefficient (Wildman–Crippen LogP) is 1.30. The second-order valence-electron chi connectivity index (χ2n) is 6.63. The average molecular weight is 545 g/mol. The largest absolute Gasteiger partial charge is 0.382 e. The van der Waals surface area contributed by atoms with Crippen LogP contribution in [0.25, 0.3) is 10.4 Å². The van der Waals surface area contributed by atoms with Gasteiger partial charge in [-0.05, 0) is 5.53 Å². The van der Waals surface area contributed by atoms with E-state index in [1.54, 1.807) is 14.2 Å². The summed E-state index contributed by atoms with van der Waals surface area (Å²) in [6, 6.07) is 0. The molecule has 0 aliphatic rings. The Morgan fingerprint density at radius 1 is 0.486 bits per heavy atom. The van der Waals surface area contributed by atoms with Gasteiger partial charge in [0.05, 0.1) is 119 Å². The number of nitrogens with two attached hydrogens (primary N) is 1. The molecule has 0 radical (unpaired) electrons. The number of ether oxygens (including phenoxy) is 10. The maximum Gasteiger partial charge on any atom is 0.0701 e. The summed E-state index contributed by atoms with van der Waals surface area (Å²) in [7, 11) is 3.28. The summed E-state index contributed by atoms with van der Waals surface area (Å²) >= 11 is 0. The van der Waals surface area contributed by atoms with E-state index in [0.29, 0.717) is 132 Å². The molecule has 0 aromatic rings. The molecule has 37 heavy (non-hydrogen) atoms. The summed E-state index contributed by atoms with van der Waals surface area (Å²) in [5.41, 5.74) is 13.3. The van der Waals surface area contributed by atoms with Crippen molar-refractivity contribution in [1.29, 1.82) is 0 Å². The van der Waals surface area contributed by atoms with Crippen molar-refractivity contribution in [2.75, 3.05) is 146 Å². The lowest BCUT2D eigenvalue weighted by Gasteiger charge is -2.06. The molecular formula is C23H52N4O10. The summed E-state index contributed by atoms with van der Waals surface area (Å²) in [5.74, 6) is 0. The van der Waals surface area contributed by atoms with E-state index in [1.807, 2.05) is 0 Å². The number of nitrogens with zero attached hydrogens (tertiary/aromatic N) is 3. The fourth-order valence-corrected chi connectivity index (χ4v) is 2.04. The van der Waals surface area contributed by atoms with Crippen LogP contribution in [0.4, 0.5) is 0 Å². The molecule has 0 saturated carbocycles. The van der Waals surface area contributed by atoms with Crippen LogP contribution in [0.5, 0.6) is 0 Å². The first-order valence-electron chi connectivity index (χ1n) is 12.1. The maximum atomic E-state index is 8.02. The summed E-state index contributed by atoms with van der Waals surface area (Å²) < 4.78 is 51.5. The molecule has 0 amide bonds. The third-order valence-electron chi connectivity index (χ3n) is 3.76. The molecular weight excluding hydrogens is 492 g/mol. The molecule has 14 nitrogen and oxygen atoms in total. The van der Waals surface area contributed by atoms with Crippen molar-refractivity contribution in [3.8, 4) is 0 Å². The number of rotatable bonds is 29. The molecule has 0 rings (SSSR count). The highest BCUT2D eigenvalue weighted by atomic mass is 16.6. The second kappa shape index (κ2) is 42.0. The van der Waals surface area contributed by atoms with E-state index in [9.17, 15) is 0 Å². The summed E-state index contributed by atoms with van der Waals surface area (Å²) in [6.07, 6.45) is 0. The first-order valence-corrected chi connectivity index (χ1v) is 12.1. The Kier molecular flexibility index (Phi) is 45.8. The van der Waals surface area contributed by atoms with Crippen LogP contribution < -0.4 is 5.73 Å². The predicted molar refractivity (Wildman–Crippen MR) is 140 cm³/mol. The highest BCUT2D eigenvalue weighted by Crippen LogP contribution is 1.84. The van der Waals surface area contributed by atoms with Gasteiger partial charge in [0.1, 0.15) is 0 Å². The molecule has 14 heteroatoms. The van der Waals surface area contributed by atoms with Crippen LogP contribution in [-0.2, 0) is 47.4 Å². The van der Waals surface area contributed by atoms with Gasteiger partial charge in [-0.3, -0.25) is 0 Å². The maximum absolute atomic E-state index is 8.02. The van der Waals surface area contributed by atoms with E-state index in [2.05, 4.69) is 10.0 Å². The van der Waals surface area contributed by atoms with Crippen LogP contribution >= 0.6 is 0 Å². The molecule has 0 aromatic heterocycles. The molecule has 224 valence electrons. The Balaban J connectivity index is -0.000000612. The quantitative estimate of drug-likeness (QED) is 0.0624. The smallest absolute Gasteiger partial charge is 0.0701 e. The number of azide groups is 1. The van der Waals surface area contributed by atoms with Crippen LogP contribution in [0.1, 0.15) is 7.43 Å². The minimum Gasteiger partial charge on any atom is -0.382 e. The molecule has 0 spiro atoms. The third kappa shape index (κ3) is 45.2. The SMILES string of the molecule is C.COCCOCCOCCOCCOCCN.COCCOCCOCCOCCOCCN=[N+]=[N-]. The molecule has 0 aliphatic carbocycles. The highest BCUT2D eigenvalue weighted by molar-refractivity contribution is 4.44. The summed E-state index contributed by atoms with van der Waals surface area (Å²) in [4.78, 5) is 2.61. The lowest BCUT2D eigenvalue weighted by molar-refractivity contribution is -0.00716. The van der Waals surface area contributed by atoms with Gasteiger partial charge in [-0.1, -0.05) is 12.5 Å². The van der Waals surface area contributed by atoms with Gasteiger partial charge in [-0.15, -0.1) is 0 Å². The Morgan fingerprint density at radius 3 is 1.03 bits per heavy atom. The van der Waals surface area contributed by atoms with E-state index in [1.165, 1.54) is 0 Å². The van der Waals surface area contributed by atoms with Crippen molar-refractivity contribution in [3.05, 3.63) is 10.4 Å². The second-order valence-corrected chi connectivity index (χ2v) is 6.63. The molecule has 0 aromatic carbocycles. The highest BCUT2D eigenvalue weighted by Gasteiger charge is 1.93. The molecule has 0 fully saturated rings. The van der Waals surface area contributed by atoms with Crippen LogP contribution in [0.3, 0.4) is 0 Å².